The van der Waals surface area contributed by atoms with E-state index in [2.05, 4.69) is 24.6 Å². The summed E-state index contributed by atoms with van der Waals surface area (Å²) in [6.07, 6.45) is 4.30. The SMILES string of the molecule is O=C1CCCc2nc(N3CCn4cnnc4C3)sc21. The molecule has 6 nitrogen and oxygen atoms in total. The van der Waals surface area contributed by atoms with Gasteiger partial charge in [0.15, 0.2) is 16.7 Å². The molecule has 2 aliphatic rings. The van der Waals surface area contributed by atoms with Crippen LogP contribution < -0.4 is 4.90 Å². The topological polar surface area (TPSA) is 63.9 Å². The molecule has 0 spiro atoms. The van der Waals surface area contributed by atoms with E-state index in [0.29, 0.717) is 6.42 Å². The number of aryl methyl sites for hydroxylation is 1. The molecule has 2 aromatic heterocycles. The number of ketones is 1. The van der Waals surface area contributed by atoms with Gasteiger partial charge in [0.05, 0.1) is 17.1 Å². The molecule has 2 aromatic rings. The molecule has 7 heteroatoms. The number of anilines is 1. The van der Waals surface area contributed by atoms with E-state index in [9.17, 15) is 4.79 Å². The Labute approximate surface area is 114 Å². The lowest BCUT2D eigenvalue weighted by atomic mass is 10.0. The van der Waals surface area contributed by atoms with Crippen molar-refractivity contribution in [3.8, 4) is 0 Å². The Morgan fingerprint density at radius 3 is 3.11 bits per heavy atom. The molecule has 1 aliphatic heterocycles. The van der Waals surface area contributed by atoms with Crippen molar-refractivity contribution < 1.29 is 4.79 Å². The monoisotopic (exact) mass is 275 g/mol. The number of carbonyl (C=O) groups excluding carboxylic acids is 1. The minimum absolute atomic E-state index is 0.255. The maximum atomic E-state index is 11.9. The van der Waals surface area contributed by atoms with Crippen LogP contribution in [0.2, 0.25) is 0 Å². The fraction of sp³-hybridized carbons (Fsp3) is 0.500. The van der Waals surface area contributed by atoms with Gasteiger partial charge in [0.25, 0.3) is 0 Å². The Hall–Kier alpha value is -1.76. The Morgan fingerprint density at radius 1 is 1.26 bits per heavy atom. The van der Waals surface area contributed by atoms with E-state index in [0.717, 1.165) is 54.0 Å². The third-order valence-corrected chi connectivity index (χ3v) is 4.87. The van der Waals surface area contributed by atoms with Crippen LogP contribution in [0.1, 0.15) is 34.0 Å². The van der Waals surface area contributed by atoms with E-state index in [-0.39, 0.29) is 5.78 Å². The number of rotatable bonds is 1. The van der Waals surface area contributed by atoms with E-state index in [1.165, 1.54) is 11.3 Å². The fourth-order valence-corrected chi connectivity index (χ4v) is 3.73. The van der Waals surface area contributed by atoms with E-state index in [4.69, 9.17) is 0 Å². The number of thiazole rings is 1. The van der Waals surface area contributed by atoms with Crippen molar-refractivity contribution >= 4 is 22.3 Å². The summed E-state index contributed by atoms with van der Waals surface area (Å²) in [5, 5.41) is 8.99. The Balaban J connectivity index is 1.65. The standard InChI is InChI=1S/C12H13N5OS/c18-9-3-1-2-8-11(9)19-12(14-8)16-4-5-17-7-13-15-10(17)6-16/h7H,1-6H2. The van der Waals surface area contributed by atoms with Crippen LogP contribution >= 0.6 is 11.3 Å². The number of nitrogens with zero attached hydrogens (tertiary/aromatic N) is 5. The number of aromatic nitrogens is 4. The molecule has 0 saturated heterocycles. The van der Waals surface area contributed by atoms with Gasteiger partial charge in [-0.15, -0.1) is 10.2 Å². The first-order valence-corrected chi connectivity index (χ1v) is 7.27. The minimum Gasteiger partial charge on any atom is -0.339 e. The van der Waals surface area contributed by atoms with Gasteiger partial charge in [0.2, 0.25) is 0 Å². The number of hydrogen-bond donors (Lipinski definition) is 0. The van der Waals surface area contributed by atoms with Gasteiger partial charge in [-0.1, -0.05) is 11.3 Å². The molecule has 0 radical (unpaired) electrons. The lowest BCUT2D eigenvalue weighted by Gasteiger charge is -2.26. The van der Waals surface area contributed by atoms with Crippen molar-refractivity contribution in [1.82, 2.24) is 19.7 Å². The normalized spacial score (nSPS) is 18.3. The van der Waals surface area contributed by atoms with Gasteiger partial charge >= 0.3 is 0 Å². The van der Waals surface area contributed by atoms with Crippen LogP contribution in [0.15, 0.2) is 6.33 Å². The Bertz CT molecular complexity index is 646. The van der Waals surface area contributed by atoms with Gasteiger partial charge in [0.1, 0.15) is 6.33 Å². The zero-order valence-electron chi connectivity index (χ0n) is 10.4. The van der Waals surface area contributed by atoms with Crippen LogP contribution in [-0.2, 0) is 19.5 Å². The van der Waals surface area contributed by atoms with Crippen molar-refractivity contribution in [3.63, 3.8) is 0 Å². The molecule has 0 bridgehead atoms. The van der Waals surface area contributed by atoms with Gasteiger partial charge in [-0.2, -0.15) is 0 Å². The van der Waals surface area contributed by atoms with Gasteiger partial charge in [-0.05, 0) is 12.8 Å². The molecule has 1 aliphatic carbocycles. The quantitative estimate of drug-likeness (QED) is 0.784. The van der Waals surface area contributed by atoms with Gasteiger partial charge < -0.3 is 9.47 Å². The van der Waals surface area contributed by atoms with Crippen molar-refractivity contribution in [1.29, 1.82) is 0 Å². The summed E-state index contributed by atoms with van der Waals surface area (Å²) >= 11 is 1.54. The molecule has 0 N–H and O–H groups in total. The van der Waals surface area contributed by atoms with Gasteiger partial charge in [0, 0.05) is 19.5 Å². The average Bonchev–Trinajstić information content (AvgIpc) is 3.04. The lowest BCUT2D eigenvalue weighted by Crippen LogP contribution is -2.33. The summed E-state index contributed by atoms with van der Waals surface area (Å²) in [6.45, 7) is 2.49. The Morgan fingerprint density at radius 2 is 2.21 bits per heavy atom. The van der Waals surface area contributed by atoms with E-state index in [1.807, 2.05) is 0 Å². The summed E-state index contributed by atoms with van der Waals surface area (Å²) < 4.78 is 2.06. The van der Waals surface area contributed by atoms with E-state index < -0.39 is 0 Å². The highest BCUT2D eigenvalue weighted by atomic mass is 32.1. The summed E-state index contributed by atoms with van der Waals surface area (Å²) in [4.78, 5) is 19.6. The minimum atomic E-state index is 0.255. The molecule has 3 heterocycles. The maximum absolute atomic E-state index is 11.9. The van der Waals surface area contributed by atoms with E-state index >= 15 is 0 Å². The van der Waals surface area contributed by atoms with Crippen molar-refractivity contribution in [2.75, 3.05) is 11.4 Å². The second kappa shape index (κ2) is 4.12. The molecular formula is C12H13N5OS. The van der Waals surface area contributed by atoms with Gasteiger partial charge in [-0.3, -0.25) is 4.79 Å². The molecule has 4 rings (SSSR count). The van der Waals surface area contributed by atoms with Crippen LogP contribution in [-0.4, -0.2) is 32.1 Å². The third kappa shape index (κ3) is 1.76. The average molecular weight is 275 g/mol. The fourth-order valence-electron chi connectivity index (χ4n) is 2.62. The largest absolute Gasteiger partial charge is 0.339 e. The molecule has 0 aromatic carbocycles. The van der Waals surface area contributed by atoms with Crippen LogP contribution in [0.3, 0.4) is 0 Å². The zero-order valence-corrected chi connectivity index (χ0v) is 11.2. The molecule has 0 amide bonds. The highest BCUT2D eigenvalue weighted by Crippen LogP contribution is 2.32. The first kappa shape index (κ1) is 11.1. The maximum Gasteiger partial charge on any atom is 0.186 e. The van der Waals surface area contributed by atoms with Crippen LogP contribution in [0, 0.1) is 0 Å². The third-order valence-electron chi connectivity index (χ3n) is 3.67. The molecule has 0 saturated carbocycles. The molecule has 0 unspecified atom stereocenters. The first-order valence-electron chi connectivity index (χ1n) is 6.46. The van der Waals surface area contributed by atoms with E-state index in [1.54, 1.807) is 6.33 Å². The number of Topliss-reactive ketones (excluding diaryl/α,β-unsaturated/α-hetero) is 1. The highest BCUT2D eigenvalue weighted by molar-refractivity contribution is 7.17. The van der Waals surface area contributed by atoms with Crippen LogP contribution in [0.5, 0.6) is 0 Å². The smallest absolute Gasteiger partial charge is 0.186 e. The summed E-state index contributed by atoms with van der Waals surface area (Å²) in [6, 6.07) is 0. The van der Waals surface area contributed by atoms with Gasteiger partial charge in [-0.25, -0.2) is 4.98 Å². The van der Waals surface area contributed by atoms with Crippen LogP contribution in [0.25, 0.3) is 0 Å². The second-order valence-corrected chi connectivity index (χ2v) is 5.89. The number of hydrogen-bond acceptors (Lipinski definition) is 6. The summed E-state index contributed by atoms with van der Waals surface area (Å²) in [5.74, 6) is 1.22. The predicted molar refractivity (Wildman–Crippen MR) is 70.5 cm³/mol. The Kier molecular flexibility index (Phi) is 2.41. The zero-order chi connectivity index (χ0) is 12.8. The molecule has 98 valence electrons. The molecule has 19 heavy (non-hydrogen) atoms. The summed E-state index contributed by atoms with van der Waals surface area (Å²) in [7, 11) is 0. The second-order valence-electron chi connectivity index (χ2n) is 4.91. The highest BCUT2D eigenvalue weighted by Gasteiger charge is 2.26. The number of fused-ring (bicyclic) bond motifs is 2. The van der Waals surface area contributed by atoms with Crippen molar-refractivity contribution in [2.24, 2.45) is 0 Å². The predicted octanol–water partition coefficient (Wildman–Crippen LogP) is 1.27. The molecular weight excluding hydrogens is 262 g/mol. The van der Waals surface area contributed by atoms with Crippen molar-refractivity contribution in [2.45, 2.75) is 32.4 Å². The lowest BCUT2D eigenvalue weighted by molar-refractivity contribution is 0.0976. The molecule has 0 fully saturated rings. The number of carbonyl (C=O) groups is 1. The summed E-state index contributed by atoms with van der Waals surface area (Å²) in [5.41, 5.74) is 0.989. The van der Waals surface area contributed by atoms with Crippen LogP contribution in [0.4, 0.5) is 5.13 Å². The van der Waals surface area contributed by atoms with Crippen molar-refractivity contribution in [3.05, 3.63) is 22.7 Å². The molecule has 0 atom stereocenters. The first-order chi connectivity index (χ1) is 9.31.